The number of ether oxygens (including phenoxy) is 1. The van der Waals surface area contributed by atoms with Crippen LogP contribution in [0.5, 0.6) is 5.88 Å². The number of aromatic nitrogens is 1. The molecule has 2 unspecified atom stereocenters. The van der Waals surface area contributed by atoms with Crippen LogP contribution in [0.1, 0.15) is 23.5 Å². The number of carbonyl (C=O) groups is 1. The lowest BCUT2D eigenvalue weighted by molar-refractivity contribution is 0.0888. The van der Waals surface area contributed by atoms with Crippen molar-refractivity contribution in [3.63, 3.8) is 0 Å². The molecular weight excluding hydrogens is 303 g/mol. The molecule has 0 spiro atoms. The molecule has 2 atom stereocenters. The van der Waals surface area contributed by atoms with Gasteiger partial charge in [0.25, 0.3) is 7.41 Å². The Morgan fingerprint density at radius 3 is 2.83 bits per heavy atom. The van der Waals surface area contributed by atoms with E-state index in [0.717, 1.165) is 17.3 Å². The summed E-state index contributed by atoms with van der Waals surface area (Å²) in [6, 6.07) is 13.7. The normalized spacial score (nSPS) is 21.2. The minimum Gasteiger partial charge on any atom is -0.473 e. The van der Waals surface area contributed by atoms with Crippen molar-refractivity contribution in [1.29, 1.82) is 0 Å². The zero-order chi connectivity index (χ0) is 16.8. The van der Waals surface area contributed by atoms with Gasteiger partial charge in [0.1, 0.15) is 6.61 Å². The Balaban J connectivity index is 1.61. The van der Waals surface area contributed by atoms with Crippen molar-refractivity contribution >= 4 is 13.6 Å². The molecule has 0 aliphatic carbocycles. The molecule has 3 rings (SSSR count). The number of rotatable bonds is 6. The van der Waals surface area contributed by atoms with Gasteiger partial charge in [-0.2, -0.15) is 0 Å². The first-order chi connectivity index (χ1) is 11.8. The SMILES string of the molecule is O=C[B]N1CCC(O)C(c2ccc(OCc3ccccc3)nc2)C1. The van der Waals surface area contributed by atoms with E-state index in [1.807, 2.05) is 47.3 Å². The van der Waals surface area contributed by atoms with Crippen LogP contribution in [0.4, 0.5) is 0 Å². The maximum Gasteiger partial charge on any atom is 0.293 e. The summed E-state index contributed by atoms with van der Waals surface area (Å²) in [5.41, 5.74) is 2.05. The molecule has 6 heteroatoms. The largest absolute Gasteiger partial charge is 0.473 e. The molecule has 1 aliphatic heterocycles. The Morgan fingerprint density at radius 2 is 2.12 bits per heavy atom. The number of nitrogens with zero attached hydrogens (tertiary/aromatic N) is 2. The number of piperidine rings is 1. The summed E-state index contributed by atoms with van der Waals surface area (Å²) in [6.07, 6.45) is 2.76. The van der Waals surface area contributed by atoms with Crippen LogP contribution in [0.15, 0.2) is 48.7 Å². The third-order valence-electron chi connectivity index (χ3n) is 4.30. The van der Waals surface area contributed by atoms with Gasteiger partial charge in [0, 0.05) is 18.2 Å². The van der Waals surface area contributed by atoms with Gasteiger partial charge in [-0.05, 0) is 30.6 Å². The Kier molecular flexibility index (Phi) is 5.61. The van der Waals surface area contributed by atoms with Gasteiger partial charge in [-0.15, -0.1) is 0 Å². The Labute approximate surface area is 142 Å². The van der Waals surface area contributed by atoms with Gasteiger partial charge >= 0.3 is 0 Å². The number of hydrogen-bond acceptors (Lipinski definition) is 5. The second-order valence-corrected chi connectivity index (χ2v) is 5.95. The zero-order valence-corrected chi connectivity index (χ0v) is 13.4. The average Bonchev–Trinajstić information content (AvgIpc) is 2.63. The van der Waals surface area contributed by atoms with Gasteiger partial charge < -0.3 is 19.4 Å². The number of aliphatic hydroxyl groups excluding tert-OH is 1. The summed E-state index contributed by atoms with van der Waals surface area (Å²) in [6.45, 7) is 1.79. The summed E-state index contributed by atoms with van der Waals surface area (Å²) in [7, 11) is 1.53. The minimum absolute atomic E-state index is 0.0503. The minimum atomic E-state index is -0.417. The first-order valence-electron chi connectivity index (χ1n) is 8.09. The van der Waals surface area contributed by atoms with Crippen LogP contribution in [-0.2, 0) is 11.4 Å². The van der Waals surface area contributed by atoms with Crippen molar-refractivity contribution in [2.75, 3.05) is 13.1 Å². The number of aliphatic hydroxyl groups is 1. The first kappa shape index (κ1) is 16.7. The van der Waals surface area contributed by atoms with Gasteiger partial charge in [0.05, 0.1) is 12.3 Å². The van der Waals surface area contributed by atoms with Crippen LogP contribution in [0.2, 0.25) is 0 Å². The van der Waals surface area contributed by atoms with Crippen molar-refractivity contribution in [2.45, 2.75) is 25.0 Å². The monoisotopic (exact) mass is 323 g/mol. The third kappa shape index (κ3) is 4.22. The van der Waals surface area contributed by atoms with E-state index in [9.17, 15) is 9.90 Å². The highest BCUT2D eigenvalue weighted by Gasteiger charge is 2.29. The Hall–Kier alpha value is -2.18. The van der Waals surface area contributed by atoms with Crippen LogP contribution in [0.3, 0.4) is 0 Å². The van der Waals surface area contributed by atoms with Crippen LogP contribution in [0, 0.1) is 0 Å². The number of pyridine rings is 1. The molecule has 1 aliphatic rings. The topological polar surface area (TPSA) is 62.7 Å². The first-order valence-corrected chi connectivity index (χ1v) is 8.09. The molecular formula is C18H20BN2O3. The smallest absolute Gasteiger partial charge is 0.293 e. The molecule has 0 bridgehead atoms. The molecule has 123 valence electrons. The van der Waals surface area contributed by atoms with Crippen LogP contribution in [0.25, 0.3) is 0 Å². The molecule has 2 heterocycles. The zero-order valence-electron chi connectivity index (χ0n) is 13.4. The summed E-state index contributed by atoms with van der Waals surface area (Å²) in [5, 5.41) is 10.2. The quantitative estimate of drug-likeness (QED) is 0.646. The maximum absolute atomic E-state index is 10.6. The standard InChI is InChI=1S/C18H20BN2O3/c22-13-19-21-9-8-17(23)16(11-21)15-6-7-18(20-10-15)24-12-14-4-2-1-3-5-14/h1-7,10,13,16-17,23H,8-9,11-12H2. The van der Waals surface area contributed by atoms with E-state index in [1.54, 1.807) is 6.20 Å². The molecule has 1 N–H and O–H groups in total. The van der Waals surface area contributed by atoms with Gasteiger partial charge in [0.2, 0.25) is 5.88 Å². The highest BCUT2D eigenvalue weighted by Crippen LogP contribution is 2.27. The van der Waals surface area contributed by atoms with Crippen molar-refractivity contribution < 1.29 is 14.6 Å². The van der Waals surface area contributed by atoms with Crippen LogP contribution >= 0.6 is 0 Å². The van der Waals surface area contributed by atoms with Gasteiger partial charge in [0.15, 0.2) is 0 Å². The van der Waals surface area contributed by atoms with E-state index >= 15 is 0 Å². The van der Waals surface area contributed by atoms with Gasteiger partial charge in [-0.1, -0.05) is 36.4 Å². The average molecular weight is 323 g/mol. The molecule has 1 aromatic heterocycles. The lowest BCUT2D eigenvalue weighted by atomic mass is 9.83. The summed E-state index contributed by atoms with van der Waals surface area (Å²) < 4.78 is 5.68. The molecule has 1 fully saturated rings. The van der Waals surface area contributed by atoms with Crippen LogP contribution in [-0.4, -0.2) is 47.7 Å². The van der Waals surface area contributed by atoms with Crippen molar-refractivity contribution in [3.8, 4) is 5.88 Å². The highest BCUT2D eigenvalue weighted by molar-refractivity contribution is 6.64. The fourth-order valence-corrected chi connectivity index (χ4v) is 2.94. The molecule has 5 nitrogen and oxygen atoms in total. The molecule has 0 amide bonds. The Bertz CT molecular complexity index is 651. The Morgan fingerprint density at radius 1 is 1.29 bits per heavy atom. The molecule has 0 saturated carbocycles. The number of benzene rings is 1. The van der Waals surface area contributed by atoms with Gasteiger partial charge in [-0.3, -0.25) is 0 Å². The fourth-order valence-electron chi connectivity index (χ4n) is 2.94. The lowest BCUT2D eigenvalue weighted by Gasteiger charge is -2.35. The van der Waals surface area contributed by atoms with E-state index in [2.05, 4.69) is 4.98 Å². The number of hydrogen-bond donors (Lipinski definition) is 1. The van der Waals surface area contributed by atoms with E-state index < -0.39 is 6.10 Å². The number of carbonyl (C=O) groups excluding carboxylic acids is 1. The molecule has 1 aromatic carbocycles. The van der Waals surface area contributed by atoms with Gasteiger partial charge in [-0.25, -0.2) is 4.98 Å². The summed E-state index contributed by atoms with van der Waals surface area (Å²) in [4.78, 5) is 16.9. The van der Waals surface area contributed by atoms with Crippen molar-refractivity contribution in [3.05, 3.63) is 59.8 Å². The van der Waals surface area contributed by atoms with E-state index in [1.165, 1.54) is 7.41 Å². The molecule has 1 radical (unpaired) electrons. The maximum atomic E-state index is 10.6. The van der Waals surface area contributed by atoms with Crippen molar-refractivity contribution in [2.24, 2.45) is 0 Å². The van der Waals surface area contributed by atoms with E-state index in [0.29, 0.717) is 32.0 Å². The lowest BCUT2D eigenvalue weighted by Crippen LogP contribution is -2.44. The predicted molar refractivity (Wildman–Crippen MR) is 92.5 cm³/mol. The third-order valence-corrected chi connectivity index (χ3v) is 4.30. The van der Waals surface area contributed by atoms with Crippen LogP contribution < -0.4 is 4.74 Å². The van der Waals surface area contributed by atoms with E-state index in [-0.39, 0.29) is 5.92 Å². The summed E-state index contributed by atoms with van der Waals surface area (Å²) >= 11 is 0. The fraction of sp³-hybridized carbons (Fsp3) is 0.333. The second kappa shape index (κ2) is 8.08. The van der Waals surface area contributed by atoms with Crippen molar-refractivity contribution in [1.82, 2.24) is 9.79 Å². The molecule has 2 aromatic rings. The summed E-state index contributed by atoms with van der Waals surface area (Å²) in [5.74, 6) is 0.509. The molecule has 24 heavy (non-hydrogen) atoms. The van der Waals surface area contributed by atoms with E-state index in [4.69, 9.17) is 4.74 Å². The predicted octanol–water partition coefficient (Wildman–Crippen LogP) is 1.62. The molecule has 1 saturated heterocycles. The highest BCUT2D eigenvalue weighted by atomic mass is 16.5. The second-order valence-electron chi connectivity index (χ2n) is 5.95.